The first kappa shape index (κ1) is 30.8. The van der Waals surface area contributed by atoms with E-state index in [4.69, 9.17) is 15.2 Å². The van der Waals surface area contributed by atoms with Gasteiger partial charge < -0.3 is 20.1 Å². The Balaban J connectivity index is 1.18. The minimum absolute atomic E-state index is 0.0988. The summed E-state index contributed by atoms with van der Waals surface area (Å²) in [6.07, 6.45) is 5.07. The first-order valence-electron chi connectivity index (χ1n) is 14.6. The number of nitrogens with zero attached hydrogens (tertiary/aromatic N) is 3. The first-order chi connectivity index (χ1) is 22.0. The van der Waals surface area contributed by atoms with Gasteiger partial charge in [0.15, 0.2) is 17.3 Å². The number of para-hydroxylation sites is 1. The van der Waals surface area contributed by atoms with E-state index >= 15 is 0 Å². The van der Waals surface area contributed by atoms with Gasteiger partial charge in [-0.1, -0.05) is 12.1 Å². The normalized spacial score (nSPS) is 14.2. The fourth-order valence-corrected chi connectivity index (χ4v) is 6.75. The number of ketones is 1. The molecule has 0 unspecified atom stereocenters. The van der Waals surface area contributed by atoms with Crippen LogP contribution in [0.15, 0.2) is 66.4 Å². The largest absolute Gasteiger partial charge is 0.495 e. The molecule has 46 heavy (non-hydrogen) atoms. The van der Waals surface area contributed by atoms with Crippen LogP contribution in [0.5, 0.6) is 17.2 Å². The van der Waals surface area contributed by atoms with Crippen molar-refractivity contribution < 1.29 is 31.9 Å². The molecule has 3 N–H and O–H groups in total. The van der Waals surface area contributed by atoms with Crippen LogP contribution in [0.4, 0.5) is 15.9 Å². The fourth-order valence-electron chi connectivity index (χ4n) is 5.67. The zero-order valence-electron chi connectivity index (χ0n) is 25.2. The topological polar surface area (TPSA) is 146 Å². The van der Waals surface area contributed by atoms with E-state index in [1.165, 1.54) is 30.1 Å². The number of halogens is 1. The number of methoxy groups -OCH3 is 1. The van der Waals surface area contributed by atoms with Crippen molar-refractivity contribution in [2.45, 2.75) is 26.2 Å². The summed E-state index contributed by atoms with van der Waals surface area (Å²) in [6.45, 7) is 2.93. The predicted molar refractivity (Wildman–Crippen MR) is 171 cm³/mol. The van der Waals surface area contributed by atoms with Gasteiger partial charge in [0.25, 0.3) is 0 Å². The summed E-state index contributed by atoms with van der Waals surface area (Å²) in [7, 11) is -2.59. The van der Waals surface area contributed by atoms with Crippen molar-refractivity contribution in [3.63, 3.8) is 0 Å². The van der Waals surface area contributed by atoms with E-state index in [2.05, 4.69) is 9.82 Å². The van der Waals surface area contributed by atoms with Crippen LogP contribution < -0.4 is 19.9 Å². The van der Waals surface area contributed by atoms with Crippen LogP contribution in [0.25, 0.3) is 11.8 Å². The number of ether oxygens (including phenoxy) is 2. The number of hydrogen-bond donors (Lipinski definition) is 2. The molecular formula is C33H32FN5O6S. The number of sulfonamides is 1. The molecule has 11 nitrogen and oxygen atoms in total. The summed E-state index contributed by atoms with van der Waals surface area (Å²) in [4.78, 5) is 27.7. The average Bonchev–Trinajstić information content (AvgIpc) is 3.78. The fraction of sp³-hybridized carbons (Fsp3) is 0.242. The minimum Gasteiger partial charge on any atom is -0.495 e. The van der Waals surface area contributed by atoms with Crippen LogP contribution in [0.1, 0.15) is 39.9 Å². The Kier molecular flexibility index (Phi) is 8.26. The van der Waals surface area contributed by atoms with Crippen molar-refractivity contribution in [1.29, 1.82) is 0 Å². The lowest BCUT2D eigenvalue weighted by Gasteiger charge is -2.17. The number of rotatable bonds is 10. The van der Waals surface area contributed by atoms with Crippen molar-refractivity contribution in [2.75, 3.05) is 36.4 Å². The van der Waals surface area contributed by atoms with Crippen molar-refractivity contribution in [2.24, 2.45) is 0 Å². The van der Waals surface area contributed by atoms with Gasteiger partial charge in [0.1, 0.15) is 23.1 Å². The first-order valence-corrected chi connectivity index (χ1v) is 16.3. The summed E-state index contributed by atoms with van der Waals surface area (Å²) in [5.41, 5.74) is 10.0. The molecule has 1 aliphatic heterocycles. The van der Waals surface area contributed by atoms with E-state index in [0.717, 1.165) is 18.4 Å². The number of amides is 1. The van der Waals surface area contributed by atoms with Crippen molar-refractivity contribution in [3.05, 3.63) is 94.4 Å². The molecule has 0 bridgehead atoms. The van der Waals surface area contributed by atoms with Crippen LogP contribution >= 0.6 is 0 Å². The number of nitrogens with one attached hydrogen (secondary N) is 1. The van der Waals surface area contributed by atoms with Crippen molar-refractivity contribution >= 4 is 39.3 Å². The van der Waals surface area contributed by atoms with Crippen LogP contribution in [-0.2, 0) is 21.2 Å². The highest BCUT2D eigenvalue weighted by molar-refractivity contribution is 7.93. The minimum atomic E-state index is -4.00. The Morgan fingerprint density at radius 1 is 1.07 bits per heavy atom. The molecular weight excluding hydrogens is 613 g/mol. The van der Waals surface area contributed by atoms with Crippen LogP contribution in [0.2, 0.25) is 0 Å². The van der Waals surface area contributed by atoms with E-state index in [9.17, 15) is 22.4 Å². The monoisotopic (exact) mass is 645 g/mol. The van der Waals surface area contributed by atoms with Gasteiger partial charge in [-0.2, -0.15) is 5.10 Å². The van der Waals surface area contributed by atoms with Gasteiger partial charge in [-0.3, -0.25) is 14.3 Å². The number of carbonyl (C=O) groups is 2. The standard InChI is InChI=1S/C33H32FN5O6S/c1-20-13-24(45-29-8-4-3-7-26(29)34)9-10-28(20)39-33(35)25(18-36-39)32(41)23-14-21-16-27(30(44-2)17-22(21)15-23)37-46(42,43)19-31(40)38-11-5-6-12-38/h3-4,7-10,13,15-18,37H,5-6,11-12,14,19,35H2,1-2H3. The molecule has 0 radical (unpaired) electrons. The molecule has 1 aliphatic carbocycles. The molecule has 1 amide bonds. The van der Waals surface area contributed by atoms with Crippen LogP contribution in [0, 0.1) is 12.7 Å². The van der Waals surface area contributed by atoms with E-state index in [-0.39, 0.29) is 40.8 Å². The van der Waals surface area contributed by atoms with Gasteiger partial charge in [-0.05, 0) is 85.0 Å². The summed E-state index contributed by atoms with van der Waals surface area (Å²) in [5, 5.41) is 4.37. The Morgan fingerprint density at radius 2 is 1.83 bits per heavy atom. The predicted octanol–water partition coefficient (Wildman–Crippen LogP) is 4.89. The Hall–Kier alpha value is -5.17. The second-order valence-electron chi connectivity index (χ2n) is 11.2. The molecule has 2 aliphatic rings. The van der Waals surface area contributed by atoms with Crippen molar-refractivity contribution in [3.8, 4) is 22.9 Å². The van der Waals surface area contributed by atoms with Gasteiger partial charge in [-0.15, -0.1) is 0 Å². The lowest BCUT2D eigenvalue weighted by atomic mass is 10.0. The average molecular weight is 646 g/mol. The van der Waals surface area contributed by atoms with Gasteiger partial charge in [0.05, 0.1) is 30.2 Å². The van der Waals surface area contributed by atoms with Gasteiger partial charge >= 0.3 is 0 Å². The second-order valence-corrected chi connectivity index (χ2v) is 12.9. The lowest BCUT2D eigenvalue weighted by Crippen LogP contribution is -2.35. The van der Waals surface area contributed by atoms with Gasteiger partial charge in [0.2, 0.25) is 15.9 Å². The Labute approximate surface area is 265 Å². The molecule has 13 heteroatoms. The molecule has 0 saturated carbocycles. The van der Waals surface area contributed by atoms with Crippen LogP contribution in [0.3, 0.4) is 0 Å². The summed E-state index contributed by atoms with van der Waals surface area (Å²) in [5.74, 6) is -0.993. The second kappa shape index (κ2) is 12.3. The third-order valence-corrected chi connectivity index (χ3v) is 9.17. The Morgan fingerprint density at radius 3 is 2.54 bits per heavy atom. The number of carbonyl (C=O) groups excluding carboxylic acids is 2. The lowest BCUT2D eigenvalue weighted by molar-refractivity contribution is -0.127. The third-order valence-electron chi connectivity index (χ3n) is 8.01. The maximum absolute atomic E-state index is 14.0. The smallest absolute Gasteiger partial charge is 0.241 e. The molecule has 238 valence electrons. The summed E-state index contributed by atoms with van der Waals surface area (Å²) in [6, 6.07) is 14.5. The quantitative estimate of drug-likeness (QED) is 0.232. The number of aryl methyl sites for hydroxylation is 1. The molecule has 2 heterocycles. The van der Waals surface area contributed by atoms with Gasteiger partial charge in [-0.25, -0.2) is 17.5 Å². The zero-order chi connectivity index (χ0) is 32.6. The van der Waals surface area contributed by atoms with Crippen LogP contribution in [-0.4, -0.2) is 60.7 Å². The number of Topliss-reactive ketones (excluding diaryl/α,β-unsaturated/α-hetero) is 1. The summed E-state index contributed by atoms with van der Waals surface area (Å²) >= 11 is 0. The van der Waals surface area contributed by atoms with Gasteiger partial charge in [0, 0.05) is 25.1 Å². The number of anilines is 2. The highest BCUT2D eigenvalue weighted by atomic mass is 32.2. The highest BCUT2D eigenvalue weighted by Gasteiger charge is 2.28. The molecule has 1 aromatic heterocycles. The SMILES string of the molecule is COc1cc2c(cc1NS(=O)(=O)CC(=O)N1CCCC1)CC(C(=O)c1cnn(-c3ccc(Oc4ccccc4F)cc3C)c1N)=C2. The number of hydrogen-bond acceptors (Lipinski definition) is 8. The highest BCUT2D eigenvalue weighted by Crippen LogP contribution is 2.37. The molecule has 6 rings (SSSR count). The maximum Gasteiger partial charge on any atom is 0.241 e. The maximum atomic E-state index is 14.0. The van der Waals surface area contributed by atoms with E-state index in [0.29, 0.717) is 41.2 Å². The third kappa shape index (κ3) is 6.18. The molecule has 4 aromatic rings. The molecule has 0 spiro atoms. The molecule has 0 atom stereocenters. The number of nitrogen functional groups attached to an aromatic ring is 1. The summed E-state index contributed by atoms with van der Waals surface area (Å²) < 4.78 is 54.8. The number of fused-ring (bicyclic) bond motifs is 1. The number of aromatic nitrogens is 2. The molecule has 1 fully saturated rings. The Bertz CT molecular complexity index is 2000. The number of benzene rings is 3. The number of likely N-dealkylation sites (tertiary alicyclic amines) is 1. The van der Waals surface area contributed by atoms with E-state index in [1.54, 1.807) is 53.4 Å². The van der Waals surface area contributed by atoms with Crippen molar-refractivity contribution in [1.82, 2.24) is 14.7 Å². The number of allylic oxidation sites excluding steroid dienone is 1. The zero-order valence-corrected chi connectivity index (χ0v) is 26.1. The number of nitrogens with two attached hydrogens (primary N) is 1. The molecule has 3 aromatic carbocycles. The van der Waals surface area contributed by atoms with E-state index in [1.807, 2.05) is 6.92 Å². The molecule has 1 saturated heterocycles. The van der Waals surface area contributed by atoms with E-state index < -0.39 is 27.5 Å².